The molecule has 0 spiro atoms. The van der Waals surface area contributed by atoms with E-state index in [2.05, 4.69) is 25.9 Å². The van der Waals surface area contributed by atoms with Gasteiger partial charge in [-0.15, -0.1) is 0 Å². The number of nitrogens with zero attached hydrogens (tertiary/aromatic N) is 5. The van der Waals surface area contributed by atoms with Crippen molar-refractivity contribution in [2.75, 3.05) is 31.1 Å². The van der Waals surface area contributed by atoms with Crippen molar-refractivity contribution in [3.05, 3.63) is 47.7 Å². The summed E-state index contributed by atoms with van der Waals surface area (Å²) >= 11 is 0. The minimum absolute atomic E-state index is 0.0933. The molecular weight excluding hydrogens is 338 g/mol. The average Bonchev–Trinajstić information content (AvgIpc) is 3.23. The molecule has 0 N–H and O–H groups in total. The second kappa shape index (κ2) is 8.03. The van der Waals surface area contributed by atoms with Gasteiger partial charge in [0, 0.05) is 50.3 Å². The molecule has 0 aliphatic carbocycles. The zero-order valence-electron chi connectivity index (χ0n) is 16.0. The van der Waals surface area contributed by atoms with Crippen molar-refractivity contribution >= 4 is 11.7 Å². The lowest BCUT2D eigenvalue weighted by Gasteiger charge is -2.32. The van der Waals surface area contributed by atoms with E-state index in [0.29, 0.717) is 11.5 Å². The second-order valence-corrected chi connectivity index (χ2v) is 7.64. The summed E-state index contributed by atoms with van der Waals surface area (Å²) in [6.45, 7) is 5.80. The number of amides is 1. The standard InChI is InChI=1S/C21H27N5O/c1-16-23-19(14-20(24-16)25-9-2-3-10-25)13-17-6-11-26(12-7-17)21(27)18-5-4-8-22-15-18/h4-5,8,14-15,17H,2-3,6-7,9-13H2,1H3. The van der Waals surface area contributed by atoms with E-state index in [0.717, 1.165) is 62.8 Å². The van der Waals surface area contributed by atoms with Gasteiger partial charge in [0.05, 0.1) is 5.56 Å². The lowest BCUT2D eigenvalue weighted by atomic mass is 9.91. The Balaban J connectivity index is 1.36. The van der Waals surface area contributed by atoms with Gasteiger partial charge in [0.1, 0.15) is 11.6 Å². The minimum atomic E-state index is 0.0933. The van der Waals surface area contributed by atoms with E-state index in [1.807, 2.05) is 24.0 Å². The van der Waals surface area contributed by atoms with Gasteiger partial charge >= 0.3 is 0 Å². The number of aromatic nitrogens is 3. The fraction of sp³-hybridized carbons (Fsp3) is 0.524. The van der Waals surface area contributed by atoms with E-state index in [-0.39, 0.29) is 5.91 Å². The van der Waals surface area contributed by atoms with E-state index < -0.39 is 0 Å². The summed E-state index contributed by atoms with van der Waals surface area (Å²) in [7, 11) is 0. The van der Waals surface area contributed by atoms with Crippen LogP contribution in [0.2, 0.25) is 0 Å². The number of likely N-dealkylation sites (tertiary alicyclic amines) is 1. The third-order valence-electron chi connectivity index (χ3n) is 5.62. The lowest BCUT2D eigenvalue weighted by Crippen LogP contribution is -2.39. The Hall–Kier alpha value is -2.50. The van der Waals surface area contributed by atoms with Crippen molar-refractivity contribution in [2.45, 2.75) is 39.0 Å². The molecule has 4 heterocycles. The number of anilines is 1. The molecule has 6 heteroatoms. The molecule has 2 aromatic rings. The Morgan fingerprint density at radius 3 is 2.63 bits per heavy atom. The zero-order valence-corrected chi connectivity index (χ0v) is 16.0. The smallest absolute Gasteiger partial charge is 0.255 e. The Morgan fingerprint density at radius 1 is 1.15 bits per heavy atom. The third-order valence-corrected chi connectivity index (χ3v) is 5.62. The van der Waals surface area contributed by atoms with Gasteiger partial charge in [-0.2, -0.15) is 0 Å². The predicted molar refractivity (Wildman–Crippen MR) is 105 cm³/mol. The summed E-state index contributed by atoms with van der Waals surface area (Å²) < 4.78 is 0. The summed E-state index contributed by atoms with van der Waals surface area (Å²) in [4.78, 5) is 30.2. The molecule has 2 aliphatic heterocycles. The Labute approximate surface area is 160 Å². The van der Waals surface area contributed by atoms with Crippen LogP contribution in [0.4, 0.5) is 5.82 Å². The van der Waals surface area contributed by atoms with Crippen LogP contribution < -0.4 is 4.90 Å². The summed E-state index contributed by atoms with van der Waals surface area (Å²) in [6.07, 6.45) is 8.87. The highest BCUT2D eigenvalue weighted by atomic mass is 16.2. The lowest BCUT2D eigenvalue weighted by molar-refractivity contribution is 0.0690. The van der Waals surface area contributed by atoms with Gasteiger partial charge in [0.15, 0.2) is 0 Å². The van der Waals surface area contributed by atoms with Gasteiger partial charge in [0.25, 0.3) is 5.91 Å². The van der Waals surface area contributed by atoms with Gasteiger partial charge in [-0.1, -0.05) is 0 Å². The van der Waals surface area contributed by atoms with Crippen molar-refractivity contribution in [3.8, 4) is 0 Å². The molecule has 142 valence electrons. The van der Waals surface area contributed by atoms with Crippen LogP contribution in [0.25, 0.3) is 0 Å². The van der Waals surface area contributed by atoms with Gasteiger partial charge < -0.3 is 9.80 Å². The van der Waals surface area contributed by atoms with Crippen LogP contribution in [0.1, 0.15) is 47.6 Å². The predicted octanol–water partition coefficient (Wildman–Crippen LogP) is 2.88. The molecule has 27 heavy (non-hydrogen) atoms. The fourth-order valence-corrected chi connectivity index (χ4v) is 4.13. The first-order chi connectivity index (χ1) is 13.2. The van der Waals surface area contributed by atoms with E-state index in [4.69, 9.17) is 0 Å². The maximum Gasteiger partial charge on any atom is 0.255 e. The van der Waals surface area contributed by atoms with Gasteiger partial charge in [-0.25, -0.2) is 9.97 Å². The van der Waals surface area contributed by atoms with Crippen LogP contribution in [0.5, 0.6) is 0 Å². The number of carbonyl (C=O) groups is 1. The van der Waals surface area contributed by atoms with Crippen LogP contribution in [-0.4, -0.2) is 51.9 Å². The topological polar surface area (TPSA) is 62.2 Å². The normalized spacial score (nSPS) is 18.1. The van der Waals surface area contributed by atoms with Crippen LogP contribution in [0.3, 0.4) is 0 Å². The second-order valence-electron chi connectivity index (χ2n) is 7.64. The van der Waals surface area contributed by atoms with Gasteiger partial charge in [-0.05, 0) is 57.1 Å². The number of hydrogen-bond acceptors (Lipinski definition) is 5. The highest BCUT2D eigenvalue weighted by Crippen LogP contribution is 2.25. The number of piperidine rings is 1. The van der Waals surface area contributed by atoms with E-state index in [1.54, 1.807) is 12.4 Å². The van der Waals surface area contributed by atoms with Crippen molar-refractivity contribution in [1.29, 1.82) is 0 Å². The fourth-order valence-electron chi connectivity index (χ4n) is 4.13. The van der Waals surface area contributed by atoms with Crippen molar-refractivity contribution < 1.29 is 4.79 Å². The number of rotatable bonds is 4. The molecule has 2 aliphatic rings. The molecule has 2 fully saturated rings. The zero-order chi connectivity index (χ0) is 18.6. The molecule has 0 radical (unpaired) electrons. The molecular formula is C21H27N5O. The van der Waals surface area contributed by atoms with Gasteiger partial charge in [-0.3, -0.25) is 9.78 Å². The van der Waals surface area contributed by atoms with E-state index in [9.17, 15) is 4.79 Å². The molecule has 6 nitrogen and oxygen atoms in total. The maximum absolute atomic E-state index is 12.6. The Morgan fingerprint density at radius 2 is 1.93 bits per heavy atom. The quantitative estimate of drug-likeness (QED) is 0.834. The average molecular weight is 365 g/mol. The summed E-state index contributed by atoms with van der Waals surface area (Å²) in [5, 5.41) is 0. The summed E-state index contributed by atoms with van der Waals surface area (Å²) in [6, 6.07) is 5.83. The molecule has 0 aromatic carbocycles. The summed E-state index contributed by atoms with van der Waals surface area (Å²) in [5.74, 6) is 2.61. The first-order valence-electron chi connectivity index (χ1n) is 9.98. The van der Waals surface area contributed by atoms with Crippen LogP contribution >= 0.6 is 0 Å². The van der Waals surface area contributed by atoms with E-state index in [1.165, 1.54) is 12.8 Å². The highest BCUT2D eigenvalue weighted by molar-refractivity contribution is 5.93. The van der Waals surface area contributed by atoms with Crippen LogP contribution in [0, 0.1) is 12.8 Å². The van der Waals surface area contributed by atoms with Crippen molar-refractivity contribution in [3.63, 3.8) is 0 Å². The van der Waals surface area contributed by atoms with Crippen molar-refractivity contribution in [2.24, 2.45) is 5.92 Å². The molecule has 0 bridgehead atoms. The molecule has 0 unspecified atom stereocenters. The molecule has 1 amide bonds. The molecule has 2 saturated heterocycles. The number of carbonyl (C=O) groups excluding carboxylic acids is 1. The van der Waals surface area contributed by atoms with Crippen LogP contribution in [0.15, 0.2) is 30.6 Å². The monoisotopic (exact) mass is 365 g/mol. The minimum Gasteiger partial charge on any atom is -0.357 e. The number of pyridine rings is 1. The van der Waals surface area contributed by atoms with Crippen molar-refractivity contribution in [1.82, 2.24) is 19.9 Å². The largest absolute Gasteiger partial charge is 0.357 e. The molecule has 0 atom stereocenters. The Kier molecular flexibility index (Phi) is 5.32. The third kappa shape index (κ3) is 4.26. The Bertz CT molecular complexity index is 780. The highest BCUT2D eigenvalue weighted by Gasteiger charge is 2.25. The summed E-state index contributed by atoms with van der Waals surface area (Å²) in [5.41, 5.74) is 1.82. The van der Waals surface area contributed by atoms with Gasteiger partial charge in [0.2, 0.25) is 0 Å². The molecule has 4 rings (SSSR count). The number of hydrogen-bond donors (Lipinski definition) is 0. The number of aryl methyl sites for hydroxylation is 1. The molecule has 2 aromatic heterocycles. The first-order valence-corrected chi connectivity index (χ1v) is 9.98. The SMILES string of the molecule is Cc1nc(CC2CCN(C(=O)c3cccnc3)CC2)cc(N2CCCC2)n1. The molecule has 0 saturated carbocycles. The maximum atomic E-state index is 12.6. The van der Waals surface area contributed by atoms with E-state index >= 15 is 0 Å². The van der Waals surface area contributed by atoms with Crippen LogP contribution in [-0.2, 0) is 6.42 Å². The first kappa shape index (κ1) is 17.9.